The quantitative estimate of drug-likeness (QED) is 0.830. The molecule has 0 aliphatic carbocycles. The minimum Gasteiger partial charge on any atom is -0.481 e. The summed E-state index contributed by atoms with van der Waals surface area (Å²) in [4.78, 5) is 25.3. The van der Waals surface area contributed by atoms with Crippen molar-refractivity contribution in [1.29, 1.82) is 0 Å². The molecule has 2 amide bonds. The van der Waals surface area contributed by atoms with Crippen LogP contribution < -0.4 is 5.32 Å². The number of carbonyl (C=O) groups excluding carboxylic acids is 1. The van der Waals surface area contributed by atoms with Crippen LogP contribution in [0, 0.1) is 23.7 Å². The number of carbonyl (C=O) groups is 2. The number of amides is 2. The first-order valence-corrected chi connectivity index (χ1v) is 8.75. The number of hydrogen-bond acceptors (Lipinski definition) is 3. The molecule has 132 valence electrons. The van der Waals surface area contributed by atoms with Crippen molar-refractivity contribution in [3.8, 4) is 0 Å². The summed E-state index contributed by atoms with van der Waals surface area (Å²) < 4.78 is 5.85. The second-order valence-corrected chi connectivity index (χ2v) is 7.45. The van der Waals surface area contributed by atoms with E-state index in [1.165, 1.54) is 0 Å². The number of urea groups is 1. The molecule has 2 N–H and O–H groups in total. The van der Waals surface area contributed by atoms with Crippen LogP contribution in [-0.4, -0.2) is 54.4 Å². The Morgan fingerprint density at radius 1 is 1.35 bits per heavy atom. The van der Waals surface area contributed by atoms with E-state index in [0.717, 1.165) is 19.4 Å². The average Bonchev–Trinajstić information content (AvgIpc) is 2.52. The van der Waals surface area contributed by atoms with Gasteiger partial charge >= 0.3 is 12.0 Å². The highest BCUT2D eigenvalue weighted by Gasteiger charge is 2.33. The molecule has 4 unspecified atom stereocenters. The molecule has 0 aromatic heterocycles. The van der Waals surface area contributed by atoms with Gasteiger partial charge in [0.05, 0.1) is 12.0 Å². The predicted octanol–water partition coefficient (Wildman–Crippen LogP) is 2.19. The average molecular weight is 326 g/mol. The lowest BCUT2D eigenvalue weighted by atomic mass is 9.87. The van der Waals surface area contributed by atoms with Gasteiger partial charge in [-0.25, -0.2) is 4.79 Å². The van der Waals surface area contributed by atoms with E-state index in [4.69, 9.17) is 4.74 Å². The summed E-state index contributed by atoms with van der Waals surface area (Å²) in [6.45, 7) is 8.63. The zero-order chi connectivity index (χ0) is 17.0. The number of rotatable bonds is 4. The van der Waals surface area contributed by atoms with Crippen LogP contribution >= 0.6 is 0 Å². The third kappa shape index (κ3) is 4.83. The Bertz CT molecular complexity index is 427. The summed E-state index contributed by atoms with van der Waals surface area (Å²) in [6, 6.07) is -0.143. The molecule has 4 atom stereocenters. The van der Waals surface area contributed by atoms with E-state index in [2.05, 4.69) is 19.2 Å². The molecule has 6 nitrogen and oxygen atoms in total. The van der Waals surface area contributed by atoms with Gasteiger partial charge in [-0.1, -0.05) is 20.8 Å². The number of ether oxygens (including phenoxy) is 1. The van der Waals surface area contributed by atoms with Crippen LogP contribution in [0.1, 0.15) is 40.0 Å². The maximum Gasteiger partial charge on any atom is 0.317 e. The highest BCUT2D eigenvalue weighted by Crippen LogP contribution is 2.26. The normalized spacial score (nSPS) is 31.9. The number of likely N-dealkylation sites (tertiary alicyclic amines) is 1. The van der Waals surface area contributed by atoms with E-state index in [0.29, 0.717) is 37.9 Å². The smallest absolute Gasteiger partial charge is 0.317 e. The van der Waals surface area contributed by atoms with Gasteiger partial charge in [0.15, 0.2) is 0 Å². The topological polar surface area (TPSA) is 78.9 Å². The lowest BCUT2D eigenvalue weighted by Crippen LogP contribution is -2.51. The Labute approximate surface area is 138 Å². The van der Waals surface area contributed by atoms with E-state index >= 15 is 0 Å². The van der Waals surface area contributed by atoms with E-state index in [9.17, 15) is 14.7 Å². The fraction of sp³-hybridized carbons (Fsp3) is 0.882. The van der Waals surface area contributed by atoms with Gasteiger partial charge in [0, 0.05) is 32.2 Å². The zero-order valence-electron chi connectivity index (χ0n) is 14.5. The van der Waals surface area contributed by atoms with Gasteiger partial charge in [0.1, 0.15) is 0 Å². The molecular weight excluding hydrogens is 296 g/mol. The highest BCUT2D eigenvalue weighted by molar-refractivity contribution is 5.76. The molecule has 2 aliphatic rings. The number of aliphatic carboxylic acids is 1. The molecule has 0 radical (unpaired) electrons. The van der Waals surface area contributed by atoms with Gasteiger partial charge in [-0.05, 0) is 31.1 Å². The van der Waals surface area contributed by atoms with E-state index in [-0.39, 0.29) is 18.1 Å². The molecule has 0 saturated carbocycles. The minimum absolute atomic E-state index is 0.143. The minimum atomic E-state index is -0.810. The summed E-state index contributed by atoms with van der Waals surface area (Å²) in [5.41, 5.74) is 0. The Kier molecular flexibility index (Phi) is 6.27. The number of nitrogens with one attached hydrogen (secondary N) is 1. The van der Waals surface area contributed by atoms with Crippen LogP contribution in [0.15, 0.2) is 0 Å². The van der Waals surface area contributed by atoms with Gasteiger partial charge in [-0.2, -0.15) is 0 Å². The van der Waals surface area contributed by atoms with E-state index in [1.54, 1.807) is 4.90 Å². The molecular formula is C17H30N2O4. The van der Waals surface area contributed by atoms with Gasteiger partial charge in [-0.3, -0.25) is 4.79 Å². The lowest BCUT2D eigenvalue weighted by Gasteiger charge is -2.37. The fourth-order valence-corrected chi connectivity index (χ4v) is 3.85. The van der Waals surface area contributed by atoms with Crippen LogP contribution in [0.4, 0.5) is 4.79 Å². The van der Waals surface area contributed by atoms with Crippen molar-refractivity contribution >= 4 is 12.0 Å². The Balaban J connectivity index is 1.87. The molecule has 2 heterocycles. The SMILES string of the molecule is CC1CC(C(=O)O)CN(C(=O)NCC2CCCOC2C(C)C)C1. The van der Waals surface area contributed by atoms with Crippen LogP contribution in [0.2, 0.25) is 0 Å². The lowest BCUT2D eigenvalue weighted by molar-refractivity contribution is -0.143. The van der Waals surface area contributed by atoms with Crippen LogP contribution in [0.5, 0.6) is 0 Å². The van der Waals surface area contributed by atoms with Gasteiger partial charge in [0.25, 0.3) is 0 Å². The van der Waals surface area contributed by atoms with Crippen molar-refractivity contribution in [1.82, 2.24) is 10.2 Å². The molecule has 2 fully saturated rings. The van der Waals surface area contributed by atoms with Crippen molar-refractivity contribution in [2.24, 2.45) is 23.7 Å². The Morgan fingerprint density at radius 2 is 2.09 bits per heavy atom. The Morgan fingerprint density at radius 3 is 2.74 bits per heavy atom. The number of carboxylic acids is 1. The second kappa shape index (κ2) is 7.99. The largest absolute Gasteiger partial charge is 0.481 e. The summed E-state index contributed by atoms with van der Waals surface area (Å²) >= 11 is 0. The molecule has 2 aliphatic heterocycles. The van der Waals surface area contributed by atoms with Gasteiger partial charge < -0.3 is 20.1 Å². The highest BCUT2D eigenvalue weighted by atomic mass is 16.5. The summed E-state index contributed by atoms with van der Waals surface area (Å²) in [7, 11) is 0. The first kappa shape index (κ1) is 18.0. The van der Waals surface area contributed by atoms with E-state index < -0.39 is 11.9 Å². The summed E-state index contributed by atoms with van der Waals surface area (Å²) in [6.07, 6.45) is 2.93. The summed E-state index contributed by atoms with van der Waals surface area (Å²) in [5.74, 6) is -0.272. The molecule has 2 saturated heterocycles. The van der Waals surface area contributed by atoms with Gasteiger partial charge in [-0.15, -0.1) is 0 Å². The molecule has 0 bridgehead atoms. The number of piperidine rings is 1. The maximum atomic E-state index is 12.4. The van der Waals surface area contributed by atoms with Crippen molar-refractivity contribution in [2.75, 3.05) is 26.2 Å². The molecule has 23 heavy (non-hydrogen) atoms. The Hall–Kier alpha value is -1.30. The predicted molar refractivity (Wildman–Crippen MR) is 87.2 cm³/mol. The molecule has 2 rings (SSSR count). The van der Waals surface area contributed by atoms with Crippen LogP contribution in [0.3, 0.4) is 0 Å². The standard InChI is InChI=1S/C17H30N2O4/c1-11(2)15-13(5-4-6-23-15)8-18-17(22)19-9-12(3)7-14(10-19)16(20)21/h11-15H,4-10H2,1-3H3,(H,18,22)(H,20,21). The van der Waals surface area contributed by atoms with Crippen molar-refractivity contribution < 1.29 is 19.4 Å². The first-order chi connectivity index (χ1) is 10.9. The van der Waals surface area contributed by atoms with Crippen LogP contribution in [-0.2, 0) is 9.53 Å². The van der Waals surface area contributed by atoms with Crippen molar-refractivity contribution in [3.63, 3.8) is 0 Å². The van der Waals surface area contributed by atoms with Crippen molar-refractivity contribution in [3.05, 3.63) is 0 Å². The third-order valence-electron chi connectivity index (χ3n) is 4.96. The molecule has 0 spiro atoms. The monoisotopic (exact) mass is 326 g/mol. The number of carboxylic acid groups (broad SMARTS) is 1. The zero-order valence-corrected chi connectivity index (χ0v) is 14.5. The van der Waals surface area contributed by atoms with E-state index in [1.807, 2.05) is 6.92 Å². The number of hydrogen-bond donors (Lipinski definition) is 2. The third-order valence-corrected chi connectivity index (χ3v) is 4.96. The molecule has 6 heteroatoms. The molecule has 0 aromatic carbocycles. The number of nitrogens with zero attached hydrogens (tertiary/aromatic N) is 1. The molecule has 0 aromatic rings. The maximum absolute atomic E-state index is 12.4. The summed E-state index contributed by atoms with van der Waals surface area (Å²) in [5, 5.41) is 12.2. The van der Waals surface area contributed by atoms with Crippen molar-refractivity contribution in [2.45, 2.75) is 46.1 Å². The fourth-order valence-electron chi connectivity index (χ4n) is 3.85. The van der Waals surface area contributed by atoms with Gasteiger partial charge in [0.2, 0.25) is 0 Å². The van der Waals surface area contributed by atoms with Crippen LogP contribution in [0.25, 0.3) is 0 Å². The second-order valence-electron chi connectivity index (χ2n) is 7.45. The first-order valence-electron chi connectivity index (χ1n) is 8.75.